The quantitative estimate of drug-likeness (QED) is 0.520. The molecule has 0 saturated heterocycles. The fourth-order valence-electron chi connectivity index (χ4n) is 3.22. The van der Waals surface area contributed by atoms with Gasteiger partial charge in [0.05, 0.1) is 0 Å². The van der Waals surface area contributed by atoms with E-state index in [9.17, 15) is 0 Å². The molecule has 0 radical (unpaired) electrons. The van der Waals surface area contributed by atoms with E-state index in [0.717, 1.165) is 37.4 Å². The molecule has 0 fully saturated rings. The Bertz CT molecular complexity index is 847. The number of aromatic nitrogens is 2. The van der Waals surface area contributed by atoms with Crippen LogP contribution in [0.1, 0.15) is 37.1 Å². The van der Waals surface area contributed by atoms with Crippen molar-refractivity contribution >= 4 is 11.8 Å². The third kappa shape index (κ3) is 5.81. The van der Waals surface area contributed by atoms with E-state index < -0.39 is 0 Å². The molecule has 28 heavy (non-hydrogen) atoms. The van der Waals surface area contributed by atoms with E-state index in [1.54, 1.807) is 0 Å². The van der Waals surface area contributed by atoms with Gasteiger partial charge < -0.3 is 10.2 Å². The first-order chi connectivity index (χ1) is 13.6. The van der Waals surface area contributed by atoms with Gasteiger partial charge >= 0.3 is 0 Å². The molecule has 146 valence electrons. The SMILES string of the molecule is Cc1cc(N(Cc2ccccc2)C(C)C)nc(NCCCc2ccccc2)n1. The predicted octanol–water partition coefficient (Wildman–Crippen LogP) is 5.24. The molecule has 0 aliphatic heterocycles. The highest BCUT2D eigenvalue weighted by Crippen LogP contribution is 2.20. The zero-order valence-electron chi connectivity index (χ0n) is 17.1. The molecule has 2 aromatic carbocycles. The number of aryl methyl sites for hydroxylation is 2. The maximum atomic E-state index is 4.80. The van der Waals surface area contributed by atoms with Gasteiger partial charge in [-0.1, -0.05) is 60.7 Å². The van der Waals surface area contributed by atoms with Gasteiger partial charge in [0.15, 0.2) is 0 Å². The van der Waals surface area contributed by atoms with Crippen LogP contribution in [0.2, 0.25) is 0 Å². The number of anilines is 2. The molecule has 0 aliphatic carbocycles. The molecule has 0 amide bonds. The lowest BCUT2D eigenvalue weighted by atomic mass is 10.1. The van der Waals surface area contributed by atoms with E-state index in [1.807, 2.05) is 6.92 Å². The van der Waals surface area contributed by atoms with Gasteiger partial charge in [0.1, 0.15) is 5.82 Å². The summed E-state index contributed by atoms with van der Waals surface area (Å²) in [6.45, 7) is 8.13. The van der Waals surface area contributed by atoms with Crippen molar-refractivity contribution < 1.29 is 0 Å². The second-order valence-corrected chi connectivity index (χ2v) is 7.41. The van der Waals surface area contributed by atoms with Crippen LogP contribution in [0.4, 0.5) is 11.8 Å². The van der Waals surface area contributed by atoms with Crippen LogP contribution in [0, 0.1) is 6.92 Å². The molecule has 4 nitrogen and oxygen atoms in total. The Labute approximate surface area is 168 Å². The van der Waals surface area contributed by atoms with Gasteiger partial charge in [-0.15, -0.1) is 0 Å². The maximum absolute atomic E-state index is 4.80. The lowest BCUT2D eigenvalue weighted by Gasteiger charge is -2.28. The monoisotopic (exact) mass is 374 g/mol. The lowest BCUT2D eigenvalue weighted by Crippen LogP contribution is -2.31. The van der Waals surface area contributed by atoms with Crippen LogP contribution in [0.3, 0.4) is 0 Å². The summed E-state index contributed by atoms with van der Waals surface area (Å²) in [4.78, 5) is 11.7. The summed E-state index contributed by atoms with van der Waals surface area (Å²) < 4.78 is 0. The summed E-state index contributed by atoms with van der Waals surface area (Å²) in [5.74, 6) is 1.68. The number of hydrogen-bond acceptors (Lipinski definition) is 4. The first kappa shape index (κ1) is 19.9. The minimum absolute atomic E-state index is 0.348. The number of nitrogens with zero attached hydrogens (tertiary/aromatic N) is 3. The Hall–Kier alpha value is -2.88. The second-order valence-electron chi connectivity index (χ2n) is 7.41. The van der Waals surface area contributed by atoms with Gasteiger partial charge in [0.25, 0.3) is 0 Å². The fraction of sp³-hybridized carbons (Fsp3) is 0.333. The summed E-state index contributed by atoms with van der Waals surface area (Å²) >= 11 is 0. The smallest absolute Gasteiger partial charge is 0.224 e. The normalized spacial score (nSPS) is 10.9. The minimum atomic E-state index is 0.348. The first-order valence-electron chi connectivity index (χ1n) is 10.1. The number of benzene rings is 2. The van der Waals surface area contributed by atoms with Gasteiger partial charge in [-0.3, -0.25) is 0 Å². The molecule has 0 aliphatic rings. The van der Waals surface area contributed by atoms with Crippen LogP contribution in [-0.2, 0) is 13.0 Å². The standard InChI is InChI=1S/C24H30N4/c1-19(2)28(18-22-13-8-5-9-14-22)23-17-20(3)26-24(27-23)25-16-10-15-21-11-6-4-7-12-21/h4-9,11-14,17,19H,10,15-16,18H2,1-3H3,(H,25,26,27). The zero-order valence-corrected chi connectivity index (χ0v) is 17.1. The summed E-state index contributed by atoms with van der Waals surface area (Å²) in [6, 6.07) is 23.5. The van der Waals surface area contributed by atoms with Crippen LogP contribution < -0.4 is 10.2 Å². The van der Waals surface area contributed by atoms with Crippen molar-refractivity contribution in [3.8, 4) is 0 Å². The molecular weight excluding hydrogens is 344 g/mol. The molecule has 0 bridgehead atoms. The highest BCUT2D eigenvalue weighted by atomic mass is 15.2. The molecule has 3 rings (SSSR count). The van der Waals surface area contributed by atoms with Gasteiger partial charge in [-0.25, -0.2) is 4.98 Å². The van der Waals surface area contributed by atoms with Crippen LogP contribution >= 0.6 is 0 Å². The maximum Gasteiger partial charge on any atom is 0.224 e. The van der Waals surface area contributed by atoms with E-state index in [0.29, 0.717) is 12.0 Å². The second kappa shape index (κ2) is 9.88. The van der Waals surface area contributed by atoms with Crippen LogP contribution in [0.15, 0.2) is 66.7 Å². The molecule has 0 atom stereocenters. The van der Waals surface area contributed by atoms with Crippen molar-refractivity contribution in [2.75, 3.05) is 16.8 Å². The number of hydrogen-bond donors (Lipinski definition) is 1. The van der Waals surface area contributed by atoms with Crippen molar-refractivity contribution in [3.63, 3.8) is 0 Å². The van der Waals surface area contributed by atoms with E-state index in [2.05, 4.69) is 95.8 Å². The largest absolute Gasteiger partial charge is 0.354 e. The molecule has 1 N–H and O–H groups in total. The van der Waals surface area contributed by atoms with E-state index in [1.165, 1.54) is 11.1 Å². The first-order valence-corrected chi connectivity index (χ1v) is 10.1. The van der Waals surface area contributed by atoms with Crippen molar-refractivity contribution in [3.05, 3.63) is 83.6 Å². The highest BCUT2D eigenvalue weighted by Gasteiger charge is 2.14. The Morgan fingerprint density at radius 2 is 1.54 bits per heavy atom. The summed E-state index contributed by atoms with van der Waals surface area (Å²) in [5.41, 5.74) is 3.63. The number of rotatable bonds is 9. The van der Waals surface area contributed by atoms with Gasteiger partial charge in [0, 0.05) is 30.9 Å². The highest BCUT2D eigenvalue weighted by molar-refractivity contribution is 5.46. The minimum Gasteiger partial charge on any atom is -0.354 e. The summed E-state index contributed by atoms with van der Waals surface area (Å²) in [5, 5.41) is 3.40. The molecule has 0 unspecified atom stereocenters. The fourth-order valence-corrected chi connectivity index (χ4v) is 3.22. The van der Waals surface area contributed by atoms with Crippen molar-refractivity contribution in [2.45, 2.75) is 46.2 Å². The summed E-state index contributed by atoms with van der Waals surface area (Å²) in [6.07, 6.45) is 2.10. The zero-order chi connectivity index (χ0) is 19.8. The van der Waals surface area contributed by atoms with Gasteiger partial charge in [0.2, 0.25) is 5.95 Å². The Morgan fingerprint density at radius 1 is 0.893 bits per heavy atom. The topological polar surface area (TPSA) is 41.1 Å². The predicted molar refractivity (Wildman–Crippen MR) is 118 cm³/mol. The van der Waals surface area contributed by atoms with Gasteiger partial charge in [-0.2, -0.15) is 4.98 Å². The van der Waals surface area contributed by atoms with Crippen LogP contribution in [-0.4, -0.2) is 22.6 Å². The third-order valence-corrected chi connectivity index (χ3v) is 4.72. The average molecular weight is 375 g/mol. The van der Waals surface area contributed by atoms with Crippen LogP contribution in [0.25, 0.3) is 0 Å². The summed E-state index contributed by atoms with van der Waals surface area (Å²) in [7, 11) is 0. The molecular formula is C24H30N4. The molecule has 3 aromatic rings. The van der Waals surface area contributed by atoms with Gasteiger partial charge in [-0.05, 0) is 44.7 Å². The van der Waals surface area contributed by atoms with E-state index in [-0.39, 0.29) is 0 Å². The Morgan fingerprint density at radius 3 is 2.18 bits per heavy atom. The van der Waals surface area contributed by atoms with E-state index in [4.69, 9.17) is 4.98 Å². The average Bonchev–Trinajstić information content (AvgIpc) is 2.70. The molecule has 1 heterocycles. The molecule has 1 aromatic heterocycles. The van der Waals surface area contributed by atoms with Crippen molar-refractivity contribution in [2.24, 2.45) is 0 Å². The Kier molecular flexibility index (Phi) is 7.01. The molecule has 0 spiro atoms. The lowest BCUT2D eigenvalue weighted by molar-refractivity contribution is 0.670. The van der Waals surface area contributed by atoms with E-state index >= 15 is 0 Å². The Balaban J connectivity index is 1.65. The number of nitrogens with one attached hydrogen (secondary N) is 1. The van der Waals surface area contributed by atoms with Crippen molar-refractivity contribution in [1.82, 2.24) is 9.97 Å². The molecule has 0 saturated carbocycles. The molecule has 4 heteroatoms. The van der Waals surface area contributed by atoms with Crippen LogP contribution in [0.5, 0.6) is 0 Å². The third-order valence-electron chi connectivity index (χ3n) is 4.72. The van der Waals surface area contributed by atoms with Crippen molar-refractivity contribution in [1.29, 1.82) is 0 Å².